The molecule has 0 saturated heterocycles. The van der Waals surface area contributed by atoms with E-state index in [-0.39, 0.29) is 6.04 Å². The fourth-order valence-electron chi connectivity index (χ4n) is 0.968. The Morgan fingerprint density at radius 2 is 2.33 bits per heavy atom. The topological polar surface area (TPSA) is 35.2 Å². The molecule has 0 amide bonds. The van der Waals surface area contributed by atoms with Crippen molar-refractivity contribution in [2.24, 2.45) is 5.73 Å². The van der Waals surface area contributed by atoms with Gasteiger partial charge in [0.2, 0.25) is 0 Å². The maximum Gasteiger partial charge on any atom is 0.109 e. The Balaban J connectivity index is 4.02. The van der Waals surface area contributed by atoms with Crippen LogP contribution in [0.25, 0.3) is 0 Å². The van der Waals surface area contributed by atoms with Gasteiger partial charge in [0.25, 0.3) is 0 Å². The van der Waals surface area contributed by atoms with E-state index in [4.69, 9.17) is 10.5 Å². The lowest BCUT2D eigenvalue weighted by atomic mass is 10.1. The Bertz CT molecular complexity index is 152. The maximum absolute atomic E-state index is 5.82. The summed E-state index contributed by atoms with van der Waals surface area (Å²) in [4.78, 5) is 0. The van der Waals surface area contributed by atoms with Gasteiger partial charge in [0.1, 0.15) is 5.76 Å². The molecular formula is C10H19NO. The molecule has 0 aromatic carbocycles. The molecule has 0 radical (unpaired) electrons. The third-order valence-corrected chi connectivity index (χ3v) is 1.66. The van der Waals surface area contributed by atoms with E-state index in [0.29, 0.717) is 0 Å². The summed E-state index contributed by atoms with van der Waals surface area (Å²) in [5.74, 6) is 0.872. The molecule has 0 unspecified atom stereocenters. The summed E-state index contributed by atoms with van der Waals surface area (Å²) >= 11 is 0. The summed E-state index contributed by atoms with van der Waals surface area (Å²) < 4.78 is 5.16. The molecule has 1 atom stereocenters. The first-order valence-electron chi connectivity index (χ1n) is 4.36. The Hall–Kier alpha value is -0.760. The molecule has 0 aliphatic rings. The summed E-state index contributed by atoms with van der Waals surface area (Å²) in [5.41, 5.74) is 5.82. The van der Waals surface area contributed by atoms with Crippen molar-refractivity contribution in [2.75, 3.05) is 7.11 Å². The van der Waals surface area contributed by atoms with Crippen molar-refractivity contribution in [1.29, 1.82) is 0 Å². The molecule has 0 spiro atoms. The van der Waals surface area contributed by atoms with Gasteiger partial charge in [-0.25, -0.2) is 0 Å². The van der Waals surface area contributed by atoms with Crippen LogP contribution in [0.4, 0.5) is 0 Å². The van der Waals surface area contributed by atoms with E-state index in [1.807, 2.05) is 12.2 Å². The van der Waals surface area contributed by atoms with E-state index in [1.165, 1.54) is 0 Å². The second-order valence-corrected chi connectivity index (χ2v) is 2.73. The van der Waals surface area contributed by atoms with Crippen LogP contribution in [0.1, 0.15) is 26.2 Å². The van der Waals surface area contributed by atoms with E-state index in [1.54, 1.807) is 7.11 Å². The van der Waals surface area contributed by atoms with Gasteiger partial charge in [-0.15, -0.1) is 6.58 Å². The predicted molar refractivity (Wildman–Crippen MR) is 52.8 cm³/mol. The maximum atomic E-state index is 5.82. The number of ether oxygens (including phenoxy) is 1. The van der Waals surface area contributed by atoms with Gasteiger partial charge in [0.15, 0.2) is 0 Å². The molecule has 12 heavy (non-hydrogen) atoms. The van der Waals surface area contributed by atoms with Crippen molar-refractivity contribution in [3.63, 3.8) is 0 Å². The fraction of sp³-hybridized carbons (Fsp3) is 0.600. The highest BCUT2D eigenvalue weighted by molar-refractivity contribution is 5.03. The molecule has 0 saturated carbocycles. The molecule has 70 valence electrons. The van der Waals surface area contributed by atoms with Gasteiger partial charge >= 0.3 is 0 Å². The highest BCUT2D eigenvalue weighted by atomic mass is 16.5. The lowest BCUT2D eigenvalue weighted by Crippen LogP contribution is -2.22. The van der Waals surface area contributed by atoms with Crippen molar-refractivity contribution in [1.82, 2.24) is 0 Å². The van der Waals surface area contributed by atoms with Gasteiger partial charge in [0, 0.05) is 0 Å². The molecule has 0 aliphatic heterocycles. The molecule has 0 heterocycles. The quantitative estimate of drug-likeness (QED) is 0.489. The lowest BCUT2D eigenvalue weighted by molar-refractivity contribution is 0.263. The number of hydrogen-bond acceptors (Lipinski definition) is 2. The van der Waals surface area contributed by atoms with Crippen LogP contribution in [0.15, 0.2) is 24.5 Å². The highest BCUT2D eigenvalue weighted by Crippen LogP contribution is 2.07. The number of allylic oxidation sites excluding steroid dienone is 1. The number of hydrogen-bond donors (Lipinski definition) is 1. The molecule has 0 aromatic heterocycles. The van der Waals surface area contributed by atoms with Crippen LogP contribution in [0.3, 0.4) is 0 Å². The van der Waals surface area contributed by atoms with Crippen LogP contribution < -0.4 is 5.73 Å². The SMILES string of the molecule is C=CC[C@@H](N)/C(=C/CCC)OC. The second-order valence-electron chi connectivity index (χ2n) is 2.73. The van der Waals surface area contributed by atoms with Crippen LogP contribution in [-0.2, 0) is 4.74 Å². The molecule has 0 aromatic rings. The van der Waals surface area contributed by atoms with Gasteiger partial charge in [-0.1, -0.05) is 19.4 Å². The zero-order valence-corrected chi connectivity index (χ0v) is 8.05. The van der Waals surface area contributed by atoms with E-state index in [9.17, 15) is 0 Å². The summed E-state index contributed by atoms with van der Waals surface area (Å²) in [6, 6.07) is -0.0287. The molecule has 2 nitrogen and oxygen atoms in total. The van der Waals surface area contributed by atoms with Crippen molar-refractivity contribution in [2.45, 2.75) is 32.2 Å². The largest absolute Gasteiger partial charge is 0.500 e. The third kappa shape index (κ3) is 4.19. The van der Waals surface area contributed by atoms with Gasteiger partial charge in [-0.05, 0) is 18.9 Å². The lowest BCUT2D eigenvalue weighted by Gasteiger charge is -2.12. The number of rotatable bonds is 6. The number of methoxy groups -OCH3 is 1. The summed E-state index contributed by atoms with van der Waals surface area (Å²) in [7, 11) is 1.66. The molecule has 0 bridgehead atoms. The van der Waals surface area contributed by atoms with Crippen LogP contribution in [0, 0.1) is 0 Å². The Labute approximate surface area is 75.1 Å². The number of unbranched alkanes of at least 4 members (excludes halogenated alkanes) is 1. The predicted octanol–water partition coefficient (Wildman–Crippen LogP) is 2.22. The number of nitrogens with two attached hydrogens (primary N) is 1. The van der Waals surface area contributed by atoms with E-state index in [2.05, 4.69) is 13.5 Å². The first kappa shape index (κ1) is 11.2. The van der Waals surface area contributed by atoms with E-state index >= 15 is 0 Å². The molecule has 0 aliphatic carbocycles. The van der Waals surface area contributed by atoms with E-state index < -0.39 is 0 Å². The average Bonchev–Trinajstić information content (AvgIpc) is 2.06. The average molecular weight is 169 g/mol. The minimum Gasteiger partial charge on any atom is -0.500 e. The van der Waals surface area contributed by atoms with Gasteiger partial charge in [-0.2, -0.15) is 0 Å². The monoisotopic (exact) mass is 169 g/mol. The van der Waals surface area contributed by atoms with E-state index in [0.717, 1.165) is 25.0 Å². The molecular weight excluding hydrogens is 150 g/mol. The van der Waals surface area contributed by atoms with Gasteiger partial charge < -0.3 is 10.5 Å². The molecule has 2 N–H and O–H groups in total. The Morgan fingerprint density at radius 1 is 1.67 bits per heavy atom. The normalized spacial score (nSPS) is 14.1. The minimum atomic E-state index is -0.0287. The summed E-state index contributed by atoms with van der Waals surface area (Å²) in [5, 5.41) is 0. The zero-order chi connectivity index (χ0) is 9.40. The van der Waals surface area contributed by atoms with Crippen LogP contribution in [0.2, 0.25) is 0 Å². The molecule has 0 fully saturated rings. The molecule has 2 heteroatoms. The van der Waals surface area contributed by atoms with Crippen LogP contribution in [0.5, 0.6) is 0 Å². The molecule has 0 rings (SSSR count). The first-order chi connectivity index (χ1) is 5.76. The van der Waals surface area contributed by atoms with Gasteiger partial charge in [-0.3, -0.25) is 0 Å². The van der Waals surface area contributed by atoms with Crippen molar-refractivity contribution in [3.05, 3.63) is 24.5 Å². The fourth-order valence-corrected chi connectivity index (χ4v) is 0.968. The summed E-state index contributed by atoms with van der Waals surface area (Å²) in [6.45, 7) is 5.76. The van der Waals surface area contributed by atoms with Crippen molar-refractivity contribution < 1.29 is 4.74 Å². The summed E-state index contributed by atoms with van der Waals surface area (Å²) in [6.07, 6.45) is 6.77. The Kier molecular flexibility index (Phi) is 6.48. The minimum absolute atomic E-state index is 0.0287. The Morgan fingerprint density at radius 3 is 2.75 bits per heavy atom. The van der Waals surface area contributed by atoms with Crippen molar-refractivity contribution in [3.8, 4) is 0 Å². The smallest absolute Gasteiger partial charge is 0.109 e. The van der Waals surface area contributed by atoms with Gasteiger partial charge in [0.05, 0.1) is 13.2 Å². The van der Waals surface area contributed by atoms with Crippen molar-refractivity contribution >= 4 is 0 Å². The van der Waals surface area contributed by atoms with Crippen LogP contribution >= 0.6 is 0 Å². The second kappa shape index (κ2) is 6.92. The standard InChI is InChI=1S/C10H19NO/c1-4-6-8-10(12-3)9(11)7-5-2/h5,8-9H,2,4,6-7,11H2,1,3H3/b10-8-/t9-/m1/s1. The first-order valence-corrected chi connectivity index (χ1v) is 4.36. The zero-order valence-electron chi connectivity index (χ0n) is 8.05. The van der Waals surface area contributed by atoms with Crippen LogP contribution in [-0.4, -0.2) is 13.2 Å². The third-order valence-electron chi connectivity index (χ3n) is 1.66. The highest BCUT2D eigenvalue weighted by Gasteiger charge is 2.05.